The van der Waals surface area contributed by atoms with Gasteiger partial charge in [0.25, 0.3) is 0 Å². The molecular weight excluding hydrogens is 416 g/mol. The Balaban J connectivity index is 1.55. The lowest BCUT2D eigenvalue weighted by Crippen LogP contribution is -2.22. The summed E-state index contributed by atoms with van der Waals surface area (Å²) in [5.74, 6) is 1.79. The van der Waals surface area contributed by atoms with Crippen LogP contribution in [0.2, 0.25) is 0 Å². The molecule has 0 atom stereocenters. The Labute approximate surface area is 195 Å². The number of rotatable bonds is 6. The number of aromatic hydroxyl groups is 1. The highest BCUT2D eigenvalue weighted by atomic mass is 16.5. The van der Waals surface area contributed by atoms with Crippen molar-refractivity contribution in [3.8, 4) is 17.2 Å². The van der Waals surface area contributed by atoms with Crippen molar-refractivity contribution in [1.29, 1.82) is 0 Å². The second kappa shape index (κ2) is 9.20. The molecule has 5 rings (SSSR count). The summed E-state index contributed by atoms with van der Waals surface area (Å²) in [6.45, 7) is 7.29. The fraction of sp³-hybridized carbons (Fsp3) is 0.444. The van der Waals surface area contributed by atoms with E-state index in [1.807, 2.05) is 31.2 Å². The summed E-state index contributed by atoms with van der Waals surface area (Å²) in [5, 5.41) is 11.4. The van der Waals surface area contributed by atoms with Gasteiger partial charge in [0.2, 0.25) is 5.78 Å². The molecule has 6 nitrogen and oxygen atoms in total. The topological polar surface area (TPSA) is 62.2 Å². The maximum atomic E-state index is 13.5. The smallest absolute Gasteiger partial charge is 0.232 e. The van der Waals surface area contributed by atoms with E-state index in [9.17, 15) is 9.90 Å². The SMILES string of the molecule is COc1ccc(/C=C2\Oc3c(CN4CCCC4)c(O)c(CN4CCCC4)c(C)c3C2=O)cc1. The second-order valence-corrected chi connectivity index (χ2v) is 9.31. The summed E-state index contributed by atoms with van der Waals surface area (Å²) in [6.07, 6.45) is 6.47. The molecule has 2 aromatic rings. The number of carbonyl (C=O) groups excluding carboxylic acids is 1. The van der Waals surface area contributed by atoms with Gasteiger partial charge in [-0.05, 0) is 88.1 Å². The predicted octanol–water partition coefficient (Wildman–Crippen LogP) is 4.52. The third-order valence-electron chi connectivity index (χ3n) is 7.14. The second-order valence-electron chi connectivity index (χ2n) is 9.31. The van der Waals surface area contributed by atoms with E-state index in [1.54, 1.807) is 13.2 Å². The minimum absolute atomic E-state index is 0.108. The van der Waals surface area contributed by atoms with E-state index >= 15 is 0 Å². The highest BCUT2D eigenvalue weighted by molar-refractivity contribution is 6.16. The minimum Gasteiger partial charge on any atom is -0.507 e. The lowest BCUT2D eigenvalue weighted by atomic mass is 9.93. The molecule has 0 radical (unpaired) electrons. The fourth-order valence-corrected chi connectivity index (χ4v) is 5.22. The molecule has 3 aliphatic rings. The van der Waals surface area contributed by atoms with E-state index in [-0.39, 0.29) is 5.78 Å². The molecular formula is C27H32N2O4. The summed E-state index contributed by atoms with van der Waals surface area (Å²) in [7, 11) is 1.63. The Hall–Kier alpha value is -2.83. The van der Waals surface area contributed by atoms with E-state index in [0.29, 0.717) is 35.9 Å². The van der Waals surface area contributed by atoms with Crippen molar-refractivity contribution in [2.24, 2.45) is 0 Å². The zero-order valence-corrected chi connectivity index (χ0v) is 19.5. The van der Waals surface area contributed by atoms with E-state index in [2.05, 4.69) is 9.80 Å². The van der Waals surface area contributed by atoms with Gasteiger partial charge in [-0.25, -0.2) is 0 Å². The fourth-order valence-electron chi connectivity index (χ4n) is 5.22. The van der Waals surface area contributed by atoms with Crippen LogP contribution in [0.1, 0.15) is 58.3 Å². The number of fused-ring (bicyclic) bond motifs is 1. The monoisotopic (exact) mass is 448 g/mol. The van der Waals surface area contributed by atoms with Gasteiger partial charge < -0.3 is 14.6 Å². The number of carbonyl (C=O) groups is 1. The molecule has 2 saturated heterocycles. The molecule has 3 heterocycles. The summed E-state index contributed by atoms with van der Waals surface area (Å²) >= 11 is 0. The van der Waals surface area contributed by atoms with Crippen LogP contribution in [-0.4, -0.2) is 54.0 Å². The molecule has 0 amide bonds. The van der Waals surface area contributed by atoms with Crippen LogP contribution in [0, 0.1) is 6.92 Å². The molecule has 0 spiro atoms. The number of methoxy groups -OCH3 is 1. The number of likely N-dealkylation sites (tertiary alicyclic amines) is 2. The van der Waals surface area contributed by atoms with Gasteiger partial charge in [-0.2, -0.15) is 0 Å². The number of benzene rings is 2. The molecule has 33 heavy (non-hydrogen) atoms. The number of ether oxygens (including phenoxy) is 2. The van der Waals surface area contributed by atoms with E-state index < -0.39 is 0 Å². The number of hydrogen-bond acceptors (Lipinski definition) is 6. The van der Waals surface area contributed by atoms with Gasteiger partial charge in [-0.1, -0.05) is 12.1 Å². The lowest BCUT2D eigenvalue weighted by Gasteiger charge is -2.23. The first-order valence-electron chi connectivity index (χ1n) is 12.0. The molecule has 0 aliphatic carbocycles. The number of phenols is 1. The third-order valence-corrected chi connectivity index (χ3v) is 7.14. The summed E-state index contributed by atoms with van der Waals surface area (Å²) in [6, 6.07) is 7.53. The van der Waals surface area contributed by atoms with Crippen molar-refractivity contribution in [2.75, 3.05) is 33.3 Å². The van der Waals surface area contributed by atoms with Crippen molar-refractivity contribution in [2.45, 2.75) is 45.7 Å². The van der Waals surface area contributed by atoms with Gasteiger partial charge in [0.05, 0.1) is 18.2 Å². The number of nitrogens with zero attached hydrogens (tertiary/aromatic N) is 2. The first-order chi connectivity index (χ1) is 16.0. The van der Waals surface area contributed by atoms with Crippen molar-refractivity contribution in [3.63, 3.8) is 0 Å². The van der Waals surface area contributed by atoms with Gasteiger partial charge in [0, 0.05) is 18.7 Å². The lowest BCUT2D eigenvalue weighted by molar-refractivity contribution is 0.101. The Morgan fingerprint density at radius 2 is 1.55 bits per heavy atom. The van der Waals surface area contributed by atoms with Crippen molar-refractivity contribution in [1.82, 2.24) is 9.80 Å². The number of Topliss-reactive ketones (excluding diaryl/α,β-unsaturated/α-hetero) is 1. The summed E-state index contributed by atoms with van der Waals surface area (Å²) < 4.78 is 11.4. The number of phenolic OH excluding ortho intramolecular Hbond substituents is 1. The largest absolute Gasteiger partial charge is 0.507 e. The Kier molecular flexibility index (Phi) is 6.13. The van der Waals surface area contributed by atoms with Crippen molar-refractivity contribution < 1.29 is 19.4 Å². The molecule has 0 aromatic heterocycles. The van der Waals surface area contributed by atoms with E-state index in [0.717, 1.165) is 67.0 Å². The van der Waals surface area contributed by atoms with Crippen molar-refractivity contribution >= 4 is 11.9 Å². The van der Waals surface area contributed by atoms with Crippen LogP contribution in [0.15, 0.2) is 30.0 Å². The number of ketones is 1. The minimum atomic E-state index is -0.108. The standard InChI is InChI=1S/C27H32N2O4/c1-18-21(16-28-11-3-4-12-28)25(30)22(17-29-13-5-6-14-29)27-24(18)26(31)23(33-27)15-19-7-9-20(32-2)10-8-19/h7-10,15,30H,3-6,11-14,16-17H2,1-2H3/b23-15-. The molecule has 3 aliphatic heterocycles. The van der Waals surface area contributed by atoms with Crippen LogP contribution < -0.4 is 9.47 Å². The van der Waals surface area contributed by atoms with Crippen LogP contribution in [0.4, 0.5) is 0 Å². The Bertz CT molecular complexity index is 1080. The van der Waals surface area contributed by atoms with E-state index in [4.69, 9.17) is 9.47 Å². The summed E-state index contributed by atoms with van der Waals surface area (Å²) in [4.78, 5) is 18.2. The highest BCUT2D eigenvalue weighted by Gasteiger charge is 2.36. The van der Waals surface area contributed by atoms with Gasteiger partial charge in [0.1, 0.15) is 17.2 Å². The molecule has 0 saturated carbocycles. The van der Waals surface area contributed by atoms with Gasteiger partial charge in [0.15, 0.2) is 5.76 Å². The molecule has 1 N–H and O–H groups in total. The average Bonchev–Trinajstić information content (AvgIpc) is 3.58. The van der Waals surface area contributed by atoms with Crippen LogP contribution in [-0.2, 0) is 13.1 Å². The highest BCUT2D eigenvalue weighted by Crippen LogP contribution is 2.45. The van der Waals surface area contributed by atoms with Crippen molar-refractivity contribution in [3.05, 3.63) is 57.8 Å². The van der Waals surface area contributed by atoms with Crippen LogP contribution >= 0.6 is 0 Å². The van der Waals surface area contributed by atoms with Crippen LogP contribution in [0.5, 0.6) is 17.2 Å². The van der Waals surface area contributed by atoms with E-state index in [1.165, 1.54) is 12.8 Å². The maximum Gasteiger partial charge on any atom is 0.232 e. The first-order valence-corrected chi connectivity index (χ1v) is 12.0. The summed E-state index contributed by atoms with van der Waals surface area (Å²) in [5.41, 5.74) is 3.93. The Morgan fingerprint density at radius 1 is 0.970 bits per heavy atom. The van der Waals surface area contributed by atoms with Gasteiger partial charge in [-0.3, -0.25) is 14.6 Å². The first kappa shape index (κ1) is 22.0. The normalized spacial score (nSPS) is 19.9. The molecule has 0 bridgehead atoms. The zero-order chi connectivity index (χ0) is 22.9. The predicted molar refractivity (Wildman–Crippen MR) is 128 cm³/mol. The molecule has 2 aromatic carbocycles. The maximum absolute atomic E-state index is 13.5. The molecule has 2 fully saturated rings. The third kappa shape index (κ3) is 4.25. The Morgan fingerprint density at radius 3 is 2.12 bits per heavy atom. The van der Waals surface area contributed by atoms with Gasteiger partial charge >= 0.3 is 0 Å². The molecule has 174 valence electrons. The molecule has 0 unspecified atom stereocenters. The average molecular weight is 449 g/mol. The quantitative estimate of drug-likeness (QED) is 0.656. The number of allylic oxidation sites excluding steroid dienone is 1. The number of hydrogen-bond donors (Lipinski definition) is 1. The molecule has 6 heteroatoms. The van der Waals surface area contributed by atoms with Gasteiger partial charge in [-0.15, -0.1) is 0 Å². The zero-order valence-electron chi connectivity index (χ0n) is 19.5. The van der Waals surface area contributed by atoms with Crippen LogP contribution in [0.25, 0.3) is 6.08 Å². The van der Waals surface area contributed by atoms with Crippen LogP contribution in [0.3, 0.4) is 0 Å².